The monoisotopic (exact) mass is 577 g/mol. The number of benzene rings is 3. The average Bonchev–Trinajstić information content (AvgIpc) is 3.53. The molecule has 4 aromatic rings. The summed E-state index contributed by atoms with van der Waals surface area (Å²) in [6.07, 6.45) is -3.05. The lowest BCUT2D eigenvalue weighted by Gasteiger charge is -2.13. The van der Waals surface area contributed by atoms with Crippen molar-refractivity contribution in [3.05, 3.63) is 124 Å². The van der Waals surface area contributed by atoms with Crippen LogP contribution in [0.2, 0.25) is 0 Å². The second kappa shape index (κ2) is 11.4. The standard InChI is InChI=1S/C30H22F3N3O4S/c1-18-7-13-21(14-8-18)34-25-26(29(39)36(28(25)38)17-23-5-3-15-40-23)41-24-6-2-4-22(16-24)35-27(37)19-9-11-20(12-10-19)30(31,32)33/h2-16,34H,17H2,1H3,(H,35,37). The quantitative estimate of drug-likeness (QED) is 0.223. The van der Waals surface area contributed by atoms with E-state index in [4.69, 9.17) is 4.42 Å². The summed E-state index contributed by atoms with van der Waals surface area (Å²) in [5, 5.41) is 5.73. The molecule has 7 nitrogen and oxygen atoms in total. The largest absolute Gasteiger partial charge is 0.467 e. The third-order valence-electron chi connectivity index (χ3n) is 6.13. The van der Waals surface area contributed by atoms with Gasteiger partial charge in [-0.3, -0.25) is 19.3 Å². The molecular weight excluding hydrogens is 555 g/mol. The van der Waals surface area contributed by atoms with Crippen LogP contribution in [0.5, 0.6) is 0 Å². The molecule has 0 radical (unpaired) electrons. The number of rotatable bonds is 8. The number of nitrogens with zero attached hydrogens (tertiary/aromatic N) is 1. The first-order chi connectivity index (χ1) is 19.6. The highest BCUT2D eigenvalue weighted by Crippen LogP contribution is 2.37. The van der Waals surface area contributed by atoms with Gasteiger partial charge in [0.05, 0.1) is 18.4 Å². The second-order valence-electron chi connectivity index (χ2n) is 9.13. The molecule has 41 heavy (non-hydrogen) atoms. The Hall–Kier alpha value is -4.77. The van der Waals surface area contributed by atoms with Crippen molar-refractivity contribution in [3.8, 4) is 0 Å². The van der Waals surface area contributed by atoms with E-state index in [1.807, 2.05) is 19.1 Å². The maximum Gasteiger partial charge on any atom is 0.416 e. The van der Waals surface area contributed by atoms with Crippen molar-refractivity contribution in [2.75, 3.05) is 10.6 Å². The highest BCUT2D eigenvalue weighted by atomic mass is 32.2. The lowest BCUT2D eigenvalue weighted by molar-refractivity contribution is -0.139. The first kappa shape index (κ1) is 27.8. The zero-order valence-corrected chi connectivity index (χ0v) is 22.3. The van der Waals surface area contributed by atoms with Crippen molar-refractivity contribution < 1.29 is 32.0 Å². The van der Waals surface area contributed by atoms with Crippen LogP contribution in [0, 0.1) is 6.92 Å². The van der Waals surface area contributed by atoms with E-state index in [0.717, 1.165) is 46.5 Å². The molecule has 3 amide bonds. The second-order valence-corrected chi connectivity index (χ2v) is 10.2. The summed E-state index contributed by atoms with van der Waals surface area (Å²) in [7, 11) is 0. The Morgan fingerprint density at radius 3 is 2.29 bits per heavy atom. The van der Waals surface area contributed by atoms with Gasteiger partial charge in [-0.05, 0) is 73.7 Å². The molecule has 0 unspecified atom stereocenters. The molecule has 0 saturated heterocycles. The van der Waals surface area contributed by atoms with Crippen molar-refractivity contribution in [2.24, 2.45) is 0 Å². The fourth-order valence-electron chi connectivity index (χ4n) is 4.01. The molecule has 11 heteroatoms. The zero-order valence-electron chi connectivity index (χ0n) is 21.5. The molecule has 0 aliphatic carbocycles. The molecule has 0 saturated carbocycles. The maximum atomic E-state index is 13.4. The first-order valence-corrected chi connectivity index (χ1v) is 13.1. The van der Waals surface area contributed by atoms with Gasteiger partial charge in [-0.25, -0.2) is 0 Å². The molecule has 208 valence electrons. The number of aryl methyl sites for hydroxylation is 1. The minimum Gasteiger partial charge on any atom is -0.467 e. The number of anilines is 2. The topological polar surface area (TPSA) is 91.7 Å². The fourth-order valence-corrected chi connectivity index (χ4v) is 5.02. The Kier molecular flexibility index (Phi) is 7.71. The van der Waals surface area contributed by atoms with E-state index < -0.39 is 29.5 Å². The Morgan fingerprint density at radius 2 is 1.63 bits per heavy atom. The number of carbonyl (C=O) groups excluding carboxylic acids is 3. The van der Waals surface area contributed by atoms with Gasteiger partial charge in [-0.15, -0.1) is 0 Å². The number of carbonyl (C=O) groups is 3. The maximum absolute atomic E-state index is 13.4. The van der Waals surface area contributed by atoms with Gasteiger partial charge in [0.2, 0.25) is 0 Å². The van der Waals surface area contributed by atoms with E-state index >= 15 is 0 Å². The van der Waals surface area contributed by atoms with Gasteiger partial charge in [-0.1, -0.05) is 35.5 Å². The van der Waals surface area contributed by atoms with Crippen molar-refractivity contribution in [3.63, 3.8) is 0 Å². The Labute approximate surface area is 237 Å². The smallest absolute Gasteiger partial charge is 0.416 e. The normalized spacial score (nSPS) is 13.6. The van der Waals surface area contributed by atoms with Crippen LogP contribution in [0.1, 0.15) is 27.2 Å². The van der Waals surface area contributed by atoms with Gasteiger partial charge >= 0.3 is 6.18 Å². The summed E-state index contributed by atoms with van der Waals surface area (Å²) in [4.78, 5) is 41.3. The molecule has 3 aromatic carbocycles. The number of imide groups is 1. The van der Waals surface area contributed by atoms with Gasteiger partial charge in [-0.2, -0.15) is 13.2 Å². The van der Waals surface area contributed by atoms with E-state index in [1.54, 1.807) is 48.5 Å². The number of hydrogen-bond donors (Lipinski definition) is 2. The third-order valence-corrected chi connectivity index (χ3v) is 7.20. The molecule has 2 N–H and O–H groups in total. The summed E-state index contributed by atoms with van der Waals surface area (Å²) in [5.41, 5.74) is 1.32. The molecule has 0 bridgehead atoms. The van der Waals surface area contributed by atoms with Gasteiger partial charge in [0.1, 0.15) is 16.4 Å². The summed E-state index contributed by atoms with van der Waals surface area (Å²) in [6, 6.07) is 21.1. The van der Waals surface area contributed by atoms with Gasteiger partial charge < -0.3 is 15.1 Å². The highest BCUT2D eigenvalue weighted by molar-refractivity contribution is 8.04. The summed E-state index contributed by atoms with van der Waals surface area (Å²) >= 11 is 1.05. The van der Waals surface area contributed by atoms with E-state index in [9.17, 15) is 27.6 Å². The van der Waals surface area contributed by atoms with Crippen LogP contribution in [0.3, 0.4) is 0 Å². The number of amides is 3. The van der Waals surface area contributed by atoms with Gasteiger partial charge in [0, 0.05) is 21.8 Å². The lowest BCUT2D eigenvalue weighted by atomic mass is 10.1. The van der Waals surface area contributed by atoms with Crippen molar-refractivity contribution in [2.45, 2.75) is 24.5 Å². The van der Waals surface area contributed by atoms with Crippen LogP contribution in [0.25, 0.3) is 0 Å². The van der Waals surface area contributed by atoms with E-state index in [-0.39, 0.29) is 22.7 Å². The van der Waals surface area contributed by atoms with Crippen LogP contribution >= 0.6 is 11.8 Å². The Morgan fingerprint density at radius 1 is 0.902 bits per heavy atom. The Bertz CT molecular complexity index is 1630. The van der Waals surface area contributed by atoms with Crippen LogP contribution < -0.4 is 10.6 Å². The average molecular weight is 578 g/mol. The van der Waals surface area contributed by atoms with Crippen LogP contribution in [-0.2, 0) is 22.3 Å². The molecule has 5 rings (SSSR count). The van der Waals surface area contributed by atoms with Gasteiger partial charge in [0.15, 0.2) is 0 Å². The van der Waals surface area contributed by atoms with Crippen molar-refractivity contribution >= 4 is 40.9 Å². The predicted molar refractivity (Wildman–Crippen MR) is 148 cm³/mol. The van der Waals surface area contributed by atoms with Crippen LogP contribution in [-0.4, -0.2) is 22.6 Å². The number of alkyl halides is 3. The van der Waals surface area contributed by atoms with Crippen LogP contribution in [0.15, 0.2) is 111 Å². The molecule has 1 aromatic heterocycles. The number of nitrogens with one attached hydrogen (secondary N) is 2. The van der Waals surface area contributed by atoms with Crippen molar-refractivity contribution in [1.82, 2.24) is 4.90 Å². The van der Waals surface area contributed by atoms with E-state index in [1.165, 1.54) is 6.26 Å². The molecular formula is C30H22F3N3O4S. The molecule has 2 heterocycles. The molecule has 1 aliphatic heterocycles. The molecule has 0 atom stereocenters. The Balaban J connectivity index is 1.38. The molecule has 0 fully saturated rings. The zero-order chi connectivity index (χ0) is 29.1. The van der Waals surface area contributed by atoms with Crippen molar-refractivity contribution in [1.29, 1.82) is 0 Å². The number of thioether (sulfide) groups is 1. The summed E-state index contributed by atoms with van der Waals surface area (Å²) in [6.45, 7) is 1.89. The summed E-state index contributed by atoms with van der Waals surface area (Å²) < 4.78 is 43.9. The van der Waals surface area contributed by atoms with E-state index in [2.05, 4.69) is 10.6 Å². The first-order valence-electron chi connectivity index (χ1n) is 12.3. The minimum atomic E-state index is -4.50. The SMILES string of the molecule is Cc1ccc(NC2=C(Sc3cccc(NC(=O)c4ccc(C(F)(F)F)cc4)c3)C(=O)N(Cc3ccco3)C2=O)cc1. The minimum absolute atomic E-state index is 0.0446. The predicted octanol–water partition coefficient (Wildman–Crippen LogP) is 6.84. The van der Waals surface area contributed by atoms with Gasteiger partial charge in [0.25, 0.3) is 17.7 Å². The highest BCUT2D eigenvalue weighted by Gasteiger charge is 2.39. The third kappa shape index (κ3) is 6.36. The van der Waals surface area contributed by atoms with Crippen LogP contribution in [0.4, 0.5) is 24.5 Å². The molecule has 1 aliphatic rings. The fraction of sp³-hybridized carbons (Fsp3) is 0.100. The number of furan rings is 1. The summed E-state index contributed by atoms with van der Waals surface area (Å²) in [5.74, 6) is -1.18. The number of hydrogen-bond acceptors (Lipinski definition) is 6. The van der Waals surface area contributed by atoms with E-state index in [0.29, 0.717) is 22.0 Å². The molecule has 0 spiro atoms. The number of halogens is 3. The lowest BCUT2D eigenvalue weighted by Crippen LogP contribution is -2.31.